The van der Waals surface area contributed by atoms with Crippen LogP contribution in [0.4, 0.5) is 20.2 Å². The Morgan fingerprint density at radius 3 is 2.44 bits per heavy atom. The molecule has 1 heterocycles. The number of thioether (sulfide) groups is 1. The third-order valence-corrected chi connectivity index (χ3v) is 6.25. The predicted octanol–water partition coefficient (Wildman–Crippen LogP) is 4.85. The fourth-order valence-corrected chi connectivity index (χ4v) is 4.28. The molecule has 1 amide bonds. The second-order valence-electron chi connectivity index (χ2n) is 7.84. The van der Waals surface area contributed by atoms with Gasteiger partial charge in [-0.05, 0) is 55.5 Å². The second kappa shape index (κ2) is 9.64. The third kappa shape index (κ3) is 4.79. The molecule has 9 heteroatoms. The van der Waals surface area contributed by atoms with Gasteiger partial charge in [0.25, 0.3) is 5.56 Å². The normalized spacial score (nSPS) is 11.9. The summed E-state index contributed by atoms with van der Waals surface area (Å²) in [6.07, 6.45) is 0. The molecule has 1 N–H and O–H groups in total. The van der Waals surface area contributed by atoms with Gasteiger partial charge in [0.15, 0.2) is 5.16 Å². The van der Waals surface area contributed by atoms with Crippen LogP contribution in [0.5, 0.6) is 0 Å². The monoisotopic (exact) mass is 480 g/mol. The number of nitrogens with one attached hydrogen (secondary N) is 1. The molecule has 0 radical (unpaired) electrons. The van der Waals surface area contributed by atoms with Crippen molar-refractivity contribution in [1.29, 1.82) is 0 Å². The van der Waals surface area contributed by atoms with E-state index in [1.807, 2.05) is 31.1 Å². The molecule has 4 aromatic rings. The van der Waals surface area contributed by atoms with Crippen molar-refractivity contribution in [3.8, 4) is 5.69 Å². The molecule has 0 saturated carbocycles. The van der Waals surface area contributed by atoms with Crippen LogP contribution in [0.1, 0.15) is 6.92 Å². The van der Waals surface area contributed by atoms with Crippen LogP contribution >= 0.6 is 11.8 Å². The van der Waals surface area contributed by atoms with Crippen molar-refractivity contribution in [3.63, 3.8) is 0 Å². The number of rotatable bonds is 6. The van der Waals surface area contributed by atoms with Crippen molar-refractivity contribution in [1.82, 2.24) is 9.55 Å². The van der Waals surface area contributed by atoms with E-state index in [2.05, 4.69) is 10.3 Å². The molecule has 34 heavy (non-hydrogen) atoms. The number of anilines is 2. The van der Waals surface area contributed by atoms with E-state index in [1.54, 1.807) is 43.3 Å². The summed E-state index contributed by atoms with van der Waals surface area (Å²) in [7, 11) is 3.85. The van der Waals surface area contributed by atoms with Crippen molar-refractivity contribution in [3.05, 3.63) is 88.7 Å². The lowest BCUT2D eigenvalue weighted by Gasteiger charge is -2.17. The van der Waals surface area contributed by atoms with Gasteiger partial charge in [0.1, 0.15) is 11.6 Å². The largest absolute Gasteiger partial charge is 0.378 e. The Balaban J connectivity index is 1.69. The second-order valence-corrected chi connectivity index (χ2v) is 9.15. The molecule has 0 saturated heterocycles. The number of halogens is 2. The van der Waals surface area contributed by atoms with Gasteiger partial charge in [-0.25, -0.2) is 13.8 Å². The van der Waals surface area contributed by atoms with Gasteiger partial charge in [-0.1, -0.05) is 23.9 Å². The first-order chi connectivity index (χ1) is 16.2. The average molecular weight is 481 g/mol. The lowest BCUT2D eigenvalue weighted by atomic mass is 10.2. The number of nitrogens with zero attached hydrogens (tertiary/aromatic N) is 3. The summed E-state index contributed by atoms with van der Waals surface area (Å²) >= 11 is 1.01. The average Bonchev–Trinajstić information content (AvgIpc) is 2.80. The number of benzene rings is 3. The van der Waals surface area contributed by atoms with Crippen LogP contribution < -0.4 is 15.8 Å². The zero-order valence-electron chi connectivity index (χ0n) is 18.8. The van der Waals surface area contributed by atoms with Gasteiger partial charge in [0, 0.05) is 31.5 Å². The first-order valence-corrected chi connectivity index (χ1v) is 11.3. The Bertz CT molecular complexity index is 1420. The van der Waals surface area contributed by atoms with Crippen LogP contribution in [0.15, 0.2) is 76.7 Å². The minimum absolute atomic E-state index is 0.125. The fourth-order valence-electron chi connectivity index (χ4n) is 3.36. The van der Waals surface area contributed by atoms with Crippen molar-refractivity contribution < 1.29 is 13.6 Å². The van der Waals surface area contributed by atoms with Crippen LogP contribution in [0.2, 0.25) is 0 Å². The first kappa shape index (κ1) is 23.4. The molecule has 6 nitrogen and oxygen atoms in total. The molecule has 0 aliphatic heterocycles. The standard InChI is InChI=1S/C25H22F2N4O2S/c1-15(23(32)28-17-9-11-18(12-10-17)30(2)3)34-25-29-21-7-5-4-6-19(21)24(33)31(25)22-13-8-16(26)14-20(22)27/h4-15H,1-3H3,(H,28,32). The van der Waals surface area contributed by atoms with Gasteiger partial charge in [-0.2, -0.15) is 0 Å². The van der Waals surface area contributed by atoms with Crippen LogP contribution in [0, 0.1) is 11.6 Å². The number of amides is 1. The Labute approximate surface area is 199 Å². The topological polar surface area (TPSA) is 67.2 Å². The highest BCUT2D eigenvalue weighted by Gasteiger charge is 2.22. The van der Waals surface area contributed by atoms with Crippen LogP contribution in [-0.2, 0) is 4.79 Å². The molecule has 0 aliphatic rings. The smallest absolute Gasteiger partial charge is 0.266 e. The molecule has 174 valence electrons. The number of carbonyl (C=O) groups is 1. The van der Waals surface area contributed by atoms with Crippen molar-refractivity contribution in [2.24, 2.45) is 0 Å². The summed E-state index contributed by atoms with van der Waals surface area (Å²) in [5.74, 6) is -1.97. The zero-order valence-corrected chi connectivity index (χ0v) is 19.6. The summed E-state index contributed by atoms with van der Waals surface area (Å²) in [6.45, 7) is 1.67. The minimum atomic E-state index is -0.904. The maximum atomic E-state index is 14.6. The van der Waals surface area contributed by atoms with Gasteiger partial charge >= 0.3 is 0 Å². The zero-order chi connectivity index (χ0) is 24.4. The molecule has 4 rings (SSSR count). The lowest BCUT2D eigenvalue weighted by Crippen LogP contribution is -2.26. The summed E-state index contributed by atoms with van der Waals surface area (Å²) < 4.78 is 29.2. The number of hydrogen-bond acceptors (Lipinski definition) is 5. The molecule has 0 aliphatic carbocycles. The highest BCUT2D eigenvalue weighted by molar-refractivity contribution is 8.00. The van der Waals surface area contributed by atoms with E-state index >= 15 is 0 Å². The van der Waals surface area contributed by atoms with Crippen molar-refractivity contribution in [2.75, 3.05) is 24.3 Å². The summed E-state index contributed by atoms with van der Waals surface area (Å²) in [4.78, 5) is 32.6. The van der Waals surface area contributed by atoms with Crippen molar-refractivity contribution >= 4 is 39.9 Å². The van der Waals surface area contributed by atoms with Gasteiger partial charge in [-0.15, -0.1) is 0 Å². The van der Waals surface area contributed by atoms with E-state index in [0.29, 0.717) is 17.3 Å². The lowest BCUT2D eigenvalue weighted by molar-refractivity contribution is -0.115. The maximum Gasteiger partial charge on any atom is 0.266 e. The molecule has 0 fully saturated rings. The third-order valence-electron chi connectivity index (χ3n) is 5.20. The van der Waals surface area contributed by atoms with Gasteiger partial charge in [0.05, 0.1) is 21.8 Å². The van der Waals surface area contributed by atoms with E-state index in [4.69, 9.17) is 0 Å². The van der Waals surface area contributed by atoms with E-state index in [1.165, 1.54) is 6.07 Å². The molecule has 3 aromatic carbocycles. The first-order valence-electron chi connectivity index (χ1n) is 10.5. The van der Waals surface area contributed by atoms with Gasteiger partial charge < -0.3 is 10.2 Å². The van der Waals surface area contributed by atoms with Gasteiger partial charge in [-0.3, -0.25) is 14.2 Å². The SMILES string of the molecule is CC(Sc1nc2ccccc2c(=O)n1-c1ccc(F)cc1F)C(=O)Nc1ccc(N(C)C)cc1. The number of aromatic nitrogens is 2. The maximum absolute atomic E-state index is 14.6. The molecular formula is C25H22F2N4O2S. The predicted molar refractivity (Wildman–Crippen MR) is 132 cm³/mol. The summed E-state index contributed by atoms with van der Waals surface area (Å²) in [5, 5.41) is 2.58. The number of carbonyl (C=O) groups excluding carboxylic acids is 1. The Kier molecular flexibility index (Phi) is 6.65. The van der Waals surface area contributed by atoms with Crippen LogP contribution in [0.25, 0.3) is 16.6 Å². The van der Waals surface area contributed by atoms with Crippen LogP contribution in [0.3, 0.4) is 0 Å². The van der Waals surface area contributed by atoms with E-state index in [0.717, 1.165) is 28.1 Å². The number of hydrogen-bond donors (Lipinski definition) is 1. The molecule has 0 bridgehead atoms. The summed E-state index contributed by atoms with van der Waals surface area (Å²) in [5.41, 5.74) is 1.38. The van der Waals surface area contributed by atoms with E-state index < -0.39 is 22.4 Å². The van der Waals surface area contributed by atoms with Gasteiger partial charge in [0.2, 0.25) is 5.91 Å². The molecule has 1 unspecified atom stereocenters. The van der Waals surface area contributed by atoms with Crippen molar-refractivity contribution in [2.45, 2.75) is 17.3 Å². The fraction of sp³-hybridized carbons (Fsp3) is 0.160. The molecular weight excluding hydrogens is 458 g/mol. The highest BCUT2D eigenvalue weighted by Crippen LogP contribution is 2.27. The molecule has 1 atom stereocenters. The molecule has 0 spiro atoms. The Morgan fingerprint density at radius 1 is 1.06 bits per heavy atom. The minimum Gasteiger partial charge on any atom is -0.378 e. The Hall–Kier alpha value is -3.72. The quantitative estimate of drug-likeness (QED) is 0.316. The number of fused-ring (bicyclic) bond motifs is 1. The highest BCUT2D eigenvalue weighted by atomic mass is 32.2. The molecule has 1 aromatic heterocycles. The number of para-hydroxylation sites is 1. The Morgan fingerprint density at radius 2 is 1.76 bits per heavy atom. The van der Waals surface area contributed by atoms with Crippen LogP contribution in [-0.4, -0.2) is 34.8 Å². The van der Waals surface area contributed by atoms with E-state index in [9.17, 15) is 18.4 Å². The summed E-state index contributed by atoms with van der Waals surface area (Å²) in [6, 6.07) is 17.0. The van der Waals surface area contributed by atoms with E-state index in [-0.39, 0.29) is 22.1 Å².